The maximum Gasteiger partial charge on any atom is 0.257 e. The average Bonchev–Trinajstić information content (AvgIpc) is 2.96. The number of carbonyl (C=O) groups is 1. The normalized spacial score (nSPS) is 21.4. The van der Waals surface area contributed by atoms with Crippen molar-refractivity contribution in [3.05, 3.63) is 52.8 Å². The number of halogens is 1. The number of aromatic nitrogens is 2. The Morgan fingerprint density at radius 2 is 2.00 bits per heavy atom. The first-order chi connectivity index (χ1) is 11.0. The lowest BCUT2D eigenvalue weighted by Gasteiger charge is -2.35. The first-order valence-corrected chi connectivity index (χ1v) is 8.11. The van der Waals surface area contributed by atoms with Gasteiger partial charge in [0.25, 0.3) is 5.91 Å². The molecule has 6 heteroatoms. The van der Waals surface area contributed by atoms with E-state index in [0.717, 1.165) is 5.56 Å². The largest absolute Gasteiger partial charge is 0.372 e. The molecule has 0 radical (unpaired) electrons. The Morgan fingerprint density at radius 3 is 2.70 bits per heavy atom. The van der Waals surface area contributed by atoms with E-state index in [1.165, 1.54) is 0 Å². The zero-order valence-corrected chi connectivity index (χ0v) is 14.0. The topological polar surface area (TPSA) is 47.4 Å². The lowest BCUT2D eigenvalue weighted by atomic mass is 10.2. The van der Waals surface area contributed by atoms with Crippen LogP contribution in [0, 0.1) is 0 Å². The van der Waals surface area contributed by atoms with Gasteiger partial charge in [0, 0.05) is 24.3 Å². The third-order valence-corrected chi connectivity index (χ3v) is 4.25. The molecule has 0 unspecified atom stereocenters. The highest BCUT2D eigenvalue weighted by molar-refractivity contribution is 6.31. The van der Waals surface area contributed by atoms with Crippen molar-refractivity contribution in [2.45, 2.75) is 32.6 Å². The Hall–Kier alpha value is -1.85. The van der Waals surface area contributed by atoms with Gasteiger partial charge in [-0.05, 0) is 25.5 Å². The standard InChI is InChI=1S/C17H20ClN3O2/c1-12-8-20(9-13(2)23-12)17(22)15-7-19-21(11-15)10-14-5-3-4-6-16(14)18/h3-7,11-13H,8-10H2,1-2H3/t12-,13-/m1/s1. The number of hydrogen-bond acceptors (Lipinski definition) is 3. The molecule has 2 atom stereocenters. The highest BCUT2D eigenvalue weighted by Gasteiger charge is 2.27. The summed E-state index contributed by atoms with van der Waals surface area (Å²) in [7, 11) is 0. The number of nitrogens with zero attached hydrogens (tertiary/aromatic N) is 3. The summed E-state index contributed by atoms with van der Waals surface area (Å²) in [5, 5.41) is 4.99. The third-order valence-electron chi connectivity index (χ3n) is 3.88. The number of rotatable bonds is 3. The van der Waals surface area contributed by atoms with E-state index in [1.807, 2.05) is 43.0 Å². The van der Waals surface area contributed by atoms with Crippen LogP contribution >= 0.6 is 11.6 Å². The predicted molar refractivity (Wildman–Crippen MR) is 88.7 cm³/mol. The van der Waals surface area contributed by atoms with Gasteiger partial charge >= 0.3 is 0 Å². The van der Waals surface area contributed by atoms with Crippen LogP contribution in [-0.2, 0) is 11.3 Å². The van der Waals surface area contributed by atoms with Gasteiger partial charge in [0.1, 0.15) is 0 Å². The molecule has 1 amide bonds. The molecule has 1 aliphatic heterocycles. The fourth-order valence-electron chi connectivity index (χ4n) is 2.89. The molecule has 23 heavy (non-hydrogen) atoms. The third kappa shape index (κ3) is 3.74. The molecule has 1 aromatic heterocycles. The van der Waals surface area contributed by atoms with Crippen LogP contribution in [0.2, 0.25) is 5.02 Å². The Bertz CT molecular complexity index is 691. The second kappa shape index (κ2) is 6.72. The van der Waals surface area contributed by atoms with Crippen LogP contribution in [0.1, 0.15) is 29.8 Å². The van der Waals surface area contributed by atoms with Gasteiger partial charge in [-0.3, -0.25) is 9.48 Å². The fraction of sp³-hybridized carbons (Fsp3) is 0.412. The van der Waals surface area contributed by atoms with E-state index in [4.69, 9.17) is 16.3 Å². The first-order valence-electron chi connectivity index (χ1n) is 7.73. The van der Waals surface area contributed by atoms with E-state index in [9.17, 15) is 4.79 Å². The molecule has 1 aromatic carbocycles. The Kier molecular flexibility index (Phi) is 4.68. The van der Waals surface area contributed by atoms with Crippen LogP contribution in [0.4, 0.5) is 0 Å². The molecule has 5 nitrogen and oxygen atoms in total. The highest BCUT2D eigenvalue weighted by atomic mass is 35.5. The zero-order chi connectivity index (χ0) is 16.4. The fourth-order valence-corrected chi connectivity index (χ4v) is 3.08. The minimum Gasteiger partial charge on any atom is -0.372 e. The molecule has 1 fully saturated rings. The van der Waals surface area contributed by atoms with Crippen molar-refractivity contribution >= 4 is 17.5 Å². The summed E-state index contributed by atoms with van der Waals surface area (Å²) >= 11 is 6.17. The molecule has 2 heterocycles. The smallest absolute Gasteiger partial charge is 0.257 e. The molecule has 3 rings (SSSR count). The Morgan fingerprint density at radius 1 is 1.30 bits per heavy atom. The highest BCUT2D eigenvalue weighted by Crippen LogP contribution is 2.17. The van der Waals surface area contributed by atoms with Gasteiger partial charge in [-0.25, -0.2) is 0 Å². The molecule has 1 saturated heterocycles. The van der Waals surface area contributed by atoms with Crippen molar-refractivity contribution in [1.82, 2.24) is 14.7 Å². The van der Waals surface area contributed by atoms with E-state index >= 15 is 0 Å². The average molecular weight is 334 g/mol. The summed E-state index contributed by atoms with van der Waals surface area (Å²) in [5.74, 6) is -0.00240. The zero-order valence-electron chi connectivity index (χ0n) is 13.3. The summed E-state index contributed by atoms with van der Waals surface area (Å²) in [4.78, 5) is 14.4. The summed E-state index contributed by atoms with van der Waals surface area (Å²) in [6.07, 6.45) is 3.50. The number of benzene rings is 1. The van der Waals surface area contributed by atoms with Crippen molar-refractivity contribution in [3.63, 3.8) is 0 Å². The molecule has 0 N–H and O–H groups in total. The van der Waals surface area contributed by atoms with Crippen LogP contribution in [0.15, 0.2) is 36.7 Å². The number of ether oxygens (including phenoxy) is 1. The van der Waals surface area contributed by atoms with Gasteiger partial charge in [0.2, 0.25) is 0 Å². The van der Waals surface area contributed by atoms with Crippen LogP contribution in [0.5, 0.6) is 0 Å². The van der Waals surface area contributed by atoms with Crippen molar-refractivity contribution < 1.29 is 9.53 Å². The molecule has 1 aliphatic rings. The summed E-state index contributed by atoms with van der Waals surface area (Å²) in [6.45, 7) is 5.73. The summed E-state index contributed by atoms with van der Waals surface area (Å²) in [6, 6.07) is 7.64. The Balaban J connectivity index is 1.71. The quantitative estimate of drug-likeness (QED) is 0.867. The minimum atomic E-state index is -0.00240. The lowest BCUT2D eigenvalue weighted by molar-refractivity contribution is -0.0586. The maximum absolute atomic E-state index is 12.6. The Labute approximate surface area is 140 Å². The van der Waals surface area contributed by atoms with Crippen molar-refractivity contribution in [1.29, 1.82) is 0 Å². The van der Waals surface area contributed by atoms with E-state index in [2.05, 4.69) is 5.10 Å². The van der Waals surface area contributed by atoms with E-state index in [1.54, 1.807) is 17.1 Å². The molecular formula is C17H20ClN3O2. The number of amides is 1. The first kappa shape index (κ1) is 16.0. The van der Waals surface area contributed by atoms with Gasteiger partial charge in [-0.15, -0.1) is 0 Å². The molecule has 0 aliphatic carbocycles. The number of carbonyl (C=O) groups excluding carboxylic acids is 1. The minimum absolute atomic E-state index is 0.00240. The van der Waals surface area contributed by atoms with Crippen molar-refractivity contribution in [2.75, 3.05) is 13.1 Å². The van der Waals surface area contributed by atoms with E-state index < -0.39 is 0 Å². The molecule has 0 saturated carbocycles. The monoisotopic (exact) mass is 333 g/mol. The SMILES string of the molecule is C[C@@H]1CN(C(=O)c2cnn(Cc3ccccc3Cl)c2)C[C@@H](C)O1. The van der Waals surface area contributed by atoms with Crippen molar-refractivity contribution in [2.24, 2.45) is 0 Å². The second-order valence-electron chi connectivity index (χ2n) is 5.99. The van der Waals surface area contributed by atoms with Crippen LogP contribution in [0.25, 0.3) is 0 Å². The predicted octanol–water partition coefficient (Wildman–Crippen LogP) is 2.83. The van der Waals surface area contributed by atoms with Gasteiger partial charge in [0.05, 0.1) is 30.5 Å². The van der Waals surface area contributed by atoms with Gasteiger partial charge in [-0.2, -0.15) is 5.10 Å². The van der Waals surface area contributed by atoms with Crippen LogP contribution in [-0.4, -0.2) is 45.9 Å². The maximum atomic E-state index is 12.6. The van der Waals surface area contributed by atoms with Gasteiger partial charge < -0.3 is 9.64 Å². The molecule has 0 bridgehead atoms. The molecule has 2 aromatic rings. The van der Waals surface area contributed by atoms with Crippen LogP contribution < -0.4 is 0 Å². The van der Waals surface area contributed by atoms with Gasteiger partial charge in [0.15, 0.2) is 0 Å². The molecule has 122 valence electrons. The summed E-state index contributed by atoms with van der Waals surface area (Å²) < 4.78 is 7.41. The van der Waals surface area contributed by atoms with E-state index in [-0.39, 0.29) is 18.1 Å². The lowest BCUT2D eigenvalue weighted by Crippen LogP contribution is -2.48. The number of hydrogen-bond donors (Lipinski definition) is 0. The number of morpholine rings is 1. The van der Waals surface area contributed by atoms with Gasteiger partial charge in [-0.1, -0.05) is 29.8 Å². The van der Waals surface area contributed by atoms with E-state index in [0.29, 0.717) is 30.2 Å². The van der Waals surface area contributed by atoms with Crippen molar-refractivity contribution in [3.8, 4) is 0 Å². The molecule has 0 spiro atoms. The molecular weight excluding hydrogens is 314 g/mol. The second-order valence-corrected chi connectivity index (χ2v) is 6.39. The summed E-state index contributed by atoms with van der Waals surface area (Å²) in [5.41, 5.74) is 1.57. The van der Waals surface area contributed by atoms with Crippen LogP contribution in [0.3, 0.4) is 0 Å².